The summed E-state index contributed by atoms with van der Waals surface area (Å²) in [5.41, 5.74) is 6.46. The topological polar surface area (TPSA) is 75.6 Å². The van der Waals surface area contributed by atoms with Crippen LogP contribution in [0, 0.1) is 15.9 Å². The number of nitrogens with zero attached hydrogens (tertiary/aromatic N) is 2. The molecule has 1 aromatic heterocycles. The van der Waals surface area contributed by atoms with Crippen molar-refractivity contribution in [3.63, 3.8) is 0 Å². The zero-order valence-electron chi connectivity index (χ0n) is 18.5. The minimum atomic E-state index is -0.316. The number of terminal acetylenes is 1. The van der Waals surface area contributed by atoms with Gasteiger partial charge in [0.2, 0.25) is 0 Å². The Kier molecular flexibility index (Phi) is 8.98. The van der Waals surface area contributed by atoms with Crippen molar-refractivity contribution in [1.29, 1.82) is 0 Å². The molecule has 4 rings (SSSR count). The largest absolute Gasteiger partial charge is 0.479 e. The molecule has 3 aromatic carbocycles. The number of rotatable bonds is 8. The summed E-state index contributed by atoms with van der Waals surface area (Å²) in [5, 5.41) is 10.7. The average molecular weight is 692 g/mol. The number of nitrogens with one attached hydrogen (secondary N) is 2. The van der Waals surface area contributed by atoms with Gasteiger partial charge in [-0.05, 0) is 92.6 Å². The fraction of sp³-hybridized carbons (Fsp3) is 0.0385. The van der Waals surface area contributed by atoms with Crippen LogP contribution in [0.3, 0.4) is 0 Å². The van der Waals surface area contributed by atoms with Gasteiger partial charge in [0.15, 0.2) is 5.13 Å². The van der Waals surface area contributed by atoms with Crippen LogP contribution in [0.15, 0.2) is 75.6 Å². The van der Waals surface area contributed by atoms with E-state index < -0.39 is 0 Å². The Morgan fingerprint density at radius 3 is 2.67 bits per heavy atom. The monoisotopic (exact) mass is 690 g/mol. The first-order valence-corrected chi connectivity index (χ1v) is 13.5. The number of hydrogen-bond acceptors (Lipinski definition) is 6. The van der Waals surface area contributed by atoms with Crippen LogP contribution in [-0.2, 0) is 0 Å². The molecular formula is C26H17BrClIN4O2S. The van der Waals surface area contributed by atoms with Crippen LogP contribution in [0.1, 0.15) is 15.9 Å². The SMILES string of the molecule is C#CCOc1c(Br)cc(/C=N\NC(=O)c2ccc(-c3csc(Nc4ccc(Cl)cc4)n3)cc2)cc1I. The van der Waals surface area contributed by atoms with Gasteiger partial charge in [-0.1, -0.05) is 29.7 Å². The van der Waals surface area contributed by atoms with Gasteiger partial charge in [0.05, 0.1) is 20.0 Å². The van der Waals surface area contributed by atoms with Crippen molar-refractivity contribution in [2.24, 2.45) is 5.10 Å². The third-order valence-corrected chi connectivity index (χ3v) is 7.14. The number of amides is 1. The lowest BCUT2D eigenvalue weighted by Gasteiger charge is -2.08. The molecule has 0 saturated heterocycles. The Labute approximate surface area is 239 Å². The number of hydrazone groups is 1. The molecule has 1 amide bonds. The average Bonchev–Trinajstić information content (AvgIpc) is 3.33. The standard InChI is InChI=1S/C26H17BrClIN4O2S/c1-2-11-35-24-21(27)12-16(13-22(24)29)14-30-33-25(34)18-5-3-17(4-6-18)23-15-36-26(32-23)31-20-9-7-19(28)8-10-20/h1,3-10,12-15H,11H2,(H,31,32)(H,33,34)/b30-14-. The molecule has 0 unspecified atom stereocenters. The number of hydrogen-bond donors (Lipinski definition) is 2. The van der Waals surface area contributed by atoms with Gasteiger partial charge in [-0.25, -0.2) is 10.4 Å². The molecule has 1 heterocycles. The van der Waals surface area contributed by atoms with Gasteiger partial charge in [0, 0.05) is 27.2 Å². The van der Waals surface area contributed by atoms with Crippen molar-refractivity contribution in [2.75, 3.05) is 11.9 Å². The Balaban J connectivity index is 1.36. The number of benzene rings is 3. The van der Waals surface area contributed by atoms with Crippen molar-refractivity contribution >= 4 is 84.4 Å². The molecular weight excluding hydrogens is 675 g/mol. The number of aromatic nitrogens is 1. The third kappa shape index (κ3) is 6.85. The summed E-state index contributed by atoms with van der Waals surface area (Å²) in [6.07, 6.45) is 6.82. The highest BCUT2D eigenvalue weighted by molar-refractivity contribution is 14.1. The van der Waals surface area contributed by atoms with Crippen molar-refractivity contribution in [3.8, 4) is 29.4 Å². The summed E-state index contributed by atoms with van der Waals surface area (Å²) in [7, 11) is 0. The molecule has 180 valence electrons. The second-order valence-corrected chi connectivity index (χ2v) is 10.6. The second kappa shape index (κ2) is 12.4. The van der Waals surface area contributed by atoms with E-state index in [0.717, 1.165) is 35.7 Å². The van der Waals surface area contributed by atoms with E-state index in [1.165, 1.54) is 11.3 Å². The maximum Gasteiger partial charge on any atom is 0.271 e. The zero-order chi connectivity index (χ0) is 25.5. The number of carbonyl (C=O) groups excluding carboxylic acids is 1. The second-order valence-electron chi connectivity index (χ2n) is 7.25. The van der Waals surface area contributed by atoms with E-state index in [9.17, 15) is 4.79 Å². The van der Waals surface area contributed by atoms with E-state index in [1.807, 2.05) is 53.9 Å². The molecule has 0 fully saturated rings. The number of carbonyl (C=O) groups is 1. The smallest absolute Gasteiger partial charge is 0.271 e. The fourth-order valence-electron chi connectivity index (χ4n) is 3.05. The lowest BCUT2D eigenvalue weighted by atomic mass is 10.1. The third-order valence-electron chi connectivity index (χ3n) is 4.74. The molecule has 0 spiro atoms. The van der Waals surface area contributed by atoms with Crippen molar-refractivity contribution in [1.82, 2.24) is 10.4 Å². The summed E-state index contributed by atoms with van der Waals surface area (Å²) in [6.45, 7) is 0.181. The summed E-state index contributed by atoms with van der Waals surface area (Å²) in [6, 6.07) is 18.3. The molecule has 0 saturated carbocycles. The molecule has 0 aliphatic carbocycles. The van der Waals surface area contributed by atoms with Gasteiger partial charge < -0.3 is 10.1 Å². The molecule has 0 atom stereocenters. The molecule has 0 aliphatic heterocycles. The van der Waals surface area contributed by atoms with Crippen molar-refractivity contribution in [3.05, 3.63) is 90.2 Å². The Morgan fingerprint density at radius 1 is 1.22 bits per heavy atom. The van der Waals surface area contributed by atoms with Gasteiger partial charge in [-0.15, -0.1) is 17.8 Å². The normalized spacial score (nSPS) is 10.7. The first-order chi connectivity index (χ1) is 17.4. The van der Waals surface area contributed by atoms with Crippen LogP contribution in [0.2, 0.25) is 5.02 Å². The molecule has 6 nitrogen and oxygen atoms in total. The van der Waals surface area contributed by atoms with Gasteiger partial charge in [0.25, 0.3) is 5.91 Å². The molecule has 36 heavy (non-hydrogen) atoms. The molecule has 4 aromatic rings. The van der Waals surface area contributed by atoms with Gasteiger partial charge in [-0.2, -0.15) is 5.10 Å². The lowest BCUT2D eigenvalue weighted by Crippen LogP contribution is -2.17. The zero-order valence-corrected chi connectivity index (χ0v) is 23.8. The highest BCUT2D eigenvalue weighted by Gasteiger charge is 2.10. The van der Waals surface area contributed by atoms with Crippen LogP contribution >= 0.6 is 61.5 Å². The predicted octanol–water partition coefficient (Wildman–Crippen LogP) is 7.35. The molecule has 0 radical (unpaired) electrons. The number of thiazole rings is 1. The summed E-state index contributed by atoms with van der Waals surface area (Å²) < 4.78 is 7.15. The summed E-state index contributed by atoms with van der Waals surface area (Å²) >= 11 is 13.1. The number of halogens is 3. The van der Waals surface area contributed by atoms with Gasteiger partial charge in [0.1, 0.15) is 12.4 Å². The van der Waals surface area contributed by atoms with E-state index in [-0.39, 0.29) is 12.5 Å². The van der Waals surface area contributed by atoms with E-state index in [4.69, 9.17) is 22.8 Å². The Bertz CT molecular complexity index is 1430. The van der Waals surface area contributed by atoms with E-state index in [0.29, 0.717) is 16.3 Å². The quantitative estimate of drug-likeness (QED) is 0.0878. The highest BCUT2D eigenvalue weighted by atomic mass is 127. The first-order valence-electron chi connectivity index (χ1n) is 10.4. The van der Waals surface area contributed by atoms with Gasteiger partial charge >= 0.3 is 0 Å². The maximum absolute atomic E-state index is 12.5. The fourth-order valence-corrected chi connectivity index (χ4v) is 5.68. The summed E-state index contributed by atoms with van der Waals surface area (Å²) in [4.78, 5) is 17.1. The van der Waals surface area contributed by atoms with Crippen LogP contribution < -0.4 is 15.5 Å². The number of anilines is 2. The number of ether oxygens (including phenoxy) is 1. The molecule has 0 aliphatic rings. The molecule has 2 N–H and O–H groups in total. The maximum atomic E-state index is 12.5. The van der Waals surface area contributed by atoms with E-state index in [1.54, 1.807) is 18.3 Å². The van der Waals surface area contributed by atoms with Crippen LogP contribution in [0.25, 0.3) is 11.3 Å². The van der Waals surface area contributed by atoms with Crippen LogP contribution in [0.5, 0.6) is 5.75 Å². The van der Waals surface area contributed by atoms with E-state index in [2.05, 4.69) is 65.3 Å². The molecule has 10 heteroatoms. The predicted molar refractivity (Wildman–Crippen MR) is 159 cm³/mol. The first kappa shape index (κ1) is 26.2. The lowest BCUT2D eigenvalue weighted by molar-refractivity contribution is 0.0955. The molecule has 0 bridgehead atoms. The van der Waals surface area contributed by atoms with Crippen LogP contribution in [-0.4, -0.2) is 23.7 Å². The highest BCUT2D eigenvalue weighted by Crippen LogP contribution is 2.31. The van der Waals surface area contributed by atoms with Crippen molar-refractivity contribution < 1.29 is 9.53 Å². The Hall–Kier alpha value is -2.91. The minimum absolute atomic E-state index is 0.181. The Morgan fingerprint density at radius 2 is 1.97 bits per heavy atom. The van der Waals surface area contributed by atoms with E-state index >= 15 is 0 Å². The van der Waals surface area contributed by atoms with Gasteiger partial charge in [-0.3, -0.25) is 4.79 Å². The van der Waals surface area contributed by atoms with Crippen LogP contribution in [0.4, 0.5) is 10.8 Å². The minimum Gasteiger partial charge on any atom is -0.479 e. The summed E-state index contributed by atoms with van der Waals surface area (Å²) in [5.74, 6) is 2.80. The van der Waals surface area contributed by atoms with Crippen molar-refractivity contribution in [2.45, 2.75) is 0 Å².